The first-order chi connectivity index (χ1) is 10.2. The highest BCUT2D eigenvalue weighted by atomic mass is 16.5. The fourth-order valence-corrected chi connectivity index (χ4v) is 2.15. The molecule has 1 aromatic carbocycles. The van der Waals surface area contributed by atoms with Gasteiger partial charge in [-0.25, -0.2) is 4.98 Å². The van der Waals surface area contributed by atoms with E-state index in [9.17, 15) is 0 Å². The first-order valence-corrected chi connectivity index (χ1v) is 7.36. The molecule has 112 valence electrons. The monoisotopic (exact) mass is 285 g/mol. The summed E-state index contributed by atoms with van der Waals surface area (Å²) in [5, 5.41) is 0. The second kappa shape index (κ2) is 7.64. The summed E-state index contributed by atoms with van der Waals surface area (Å²) >= 11 is 0. The number of hydrogen-bond donors (Lipinski definition) is 1. The number of nitrogens with two attached hydrogens (primary N) is 1. The van der Waals surface area contributed by atoms with Crippen molar-refractivity contribution in [2.24, 2.45) is 5.73 Å². The topological polar surface area (TPSA) is 51.4 Å². The molecular formula is C17H23N3O. The van der Waals surface area contributed by atoms with Crippen molar-refractivity contribution < 1.29 is 4.74 Å². The lowest BCUT2D eigenvalue weighted by Crippen LogP contribution is -2.23. The number of rotatable bonds is 7. The van der Waals surface area contributed by atoms with Gasteiger partial charge in [0.15, 0.2) is 11.6 Å². The number of aromatic nitrogens is 1. The lowest BCUT2D eigenvalue weighted by Gasteiger charge is -2.26. The summed E-state index contributed by atoms with van der Waals surface area (Å²) in [5.41, 5.74) is 6.77. The van der Waals surface area contributed by atoms with Crippen LogP contribution in [0.3, 0.4) is 0 Å². The van der Waals surface area contributed by atoms with Crippen LogP contribution >= 0.6 is 0 Å². The molecular weight excluding hydrogens is 262 g/mol. The van der Waals surface area contributed by atoms with E-state index >= 15 is 0 Å². The van der Waals surface area contributed by atoms with Crippen LogP contribution in [0.1, 0.15) is 20.3 Å². The van der Waals surface area contributed by atoms with Crippen molar-refractivity contribution in [3.05, 3.63) is 48.7 Å². The Balaban J connectivity index is 2.37. The molecule has 0 aliphatic carbocycles. The summed E-state index contributed by atoms with van der Waals surface area (Å²) in [6.45, 7) is 5.50. The van der Waals surface area contributed by atoms with E-state index in [0.717, 1.165) is 30.2 Å². The first kappa shape index (κ1) is 15.3. The largest absolute Gasteiger partial charge is 0.487 e. The Bertz CT molecular complexity index is 543. The molecule has 4 heteroatoms. The highest BCUT2D eigenvalue weighted by Crippen LogP contribution is 2.32. The van der Waals surface area contributed by atoms with Gasteiger partial charge in [-0.05, 0) is 51.1 Å². The summed E-state index contributed by atoms with van der Waals surface area (Å²) in [5.74, 6) is 1.64. The Hall–Kier alpha value is -2.07. The van der Waals surface area contributed by atoms with Crippen LogP contribution in [0, 0.1) is 0 Å². The van der Waals surface area contributed by atoms with Crippen LogP contribution < -0.4 is 15.4 Å². The fraction of sp³-hybridized carbons (Fsp3) is 0.353. The minimum absolute atomic E-state index is 0.111. The molecule has 0 bridgehead atoms. The van der Waals surface area contributed by atoms with Gasteiger partial charge in [0.05, 0.1) is 6.10 Å². The fourth-order valence-electron chi connectivity index (χ4n) is 2.15. The predicted octanol–water partition coefficient (Wildman–Crippen LogP) is 3.36. The van der Waals surface area contributed by atoms with Crippen LogP contribution in [-0.4, -0.2) is 24.2 Å². The Morgan fingerprint density at radius 1 is 1.14 bits per heavy atom. The quantitative estimate of drug-likeness (QED) is 0.847. The maximum atomic E-state index is 5.89. The minimum Gasteiger partial charge on any atom is -0.487 e. The minimum atomic E-state index is 0.111. The molecule has 0 saturated carbocycles. The summed E-state index contributed by atoms with van der Waals surface area (Å²) in [7, 11) is 0. The molecule has 2 aromatic rings. The molecule has 21 heavy (non-hydrogen) atoms. The molecule has 0 fully saturated rings. The molecule has 2 N–H and O–H groups in total. The van der Waals surface area contributed by atoms with Crippen molar-refractivity contribution in [2.75, 3.05) is 18.0 Å². The molecule has 0 aliphatic rings. The maximum absolute atomic E-state index is 5.89. The third-order valence-electron chi connectivity index (χ3n) is 3.02. The number of hydrogen-bond acceptors (Lipinski definition) is 4. The molecule has 0 radical (unpaired) electrons. The number of para-hydroxylation sites is 1. The number of nitrogens with zero attached hydrogens (tertiary/aromatic N) is 2. The average molecular weight is 285 g/mol. The maximum Gasteiger partial charge on any atom is 0.175 e. The second-order valence-electron chi connectivity index (χ2n) is 5.12. The van der Waals surface area contributed by atoms with Gasteiger partial charge in [-0.15, -0.1) is 0 Å². The zero-order valence-electron chi connectivity index (χ0n) is 12.7. The highest BCUT2D eigenvalue weighted by molar-refractivity contribution is 5.65. The van der Waals surface area contributed by atoms with Gasteiger partial charge in [-0.3, -0.25) is 0 Å². The molecule has 0 spiro atoms. The zero-order valence-corrected chi connectivity index (χ0v) is 12.7. The van der Waals surface area contributed by atoms with Gasteiger partial charge in [-0.1, -0.05) is 18.2 Å². The van der Waals surface area contributed by atoms with E-state index in [2.05, 4.69) is 22.0 Å². The van der Waals surface area contributed by atoms with Crippen LogP contribution in [0.25, 0.3) is 0 Å². The smallest absolute Gasteiger partial charge is 0.175 e. The highest BCUT2D eigenvalue weighted by Gasteiger charge is 2.16. The van der Waals surface area contributed by atoms with Gasteiger partial charge in [0.25, 0.3) is 0 Å². The molecule has 0 aliphatic heterocycles. The number of ether oxygens (including phenoxy) is 1. The van der Waals surface area contributed by atoms with Gasteiger partial charge in [0, 0.05) is 18.4 Å². The van der Waals surface area contributed by atoms with E-state index in [0.29, 0.717) is 6.54 Å². The van der Waals surface area contributed by atoms with Gasteiger partial charge in [0.1, 0.15) is 0 Å². The van der Waals surface area contributed by atoms with E-state index in [-0.39, 0.29) is 6.10 Å². The number of pyridine rings is 1. The van der Waals surface area contributed by atoms with Crippen molar-refractivity contribution in [3.8, 4) is 5.75 Å². The Kier molecular flexibility index (Phi) is 5.58. The lowest BCUT2D eigenvalue weighted by atomic mass is 10.2. The molecule has 1 heterocycles. The average Bonchev–Trinajstić information content (AvgIpc) is 2.50. The zero-order chi connectivity index (χ0) is 15.1. The lowest BCUT2D eigenvalue weighted by molar-refractivity contribution is 0.242. The summed E-state index contributed by atoms with van der Waals surface area (Å²) in [4.78, 5) is 6.68. The van der Waals surface area contributed by atoms with Crippen molar-refractivity contribution in [2.45, 2.75) is 26.4 Å². The summed E-state index contributed by atoms with van der Waals surface area (Å²) in [6.07, 6.45) is 2.80. The van der Waals surface area contributed by atoms with Gasteiger partial charge >= 0.3 is 0 Å². The van der Waals surface area contributed by atoms with Crippen molar-refractivity contribution in [1.82, 2.24) is 4.98 Å². The first-order valence-electron chi connectivity index (χ1n) is 7.36. The van der Waals surface area contributed by atoms with E-state index in [1.165, 1.54) is 0 Å². The van der Waals surface area contributed by atoms with E-state index < -0.39 is 0 Å². The SMILES string of the molecule is CC(C)Oc1cccnc1N(CCCN)c1ccccc1. The van der Waals surface area contributed by atoms with E-state index in [4.69, 9.17) is 10.5 Å². The third kappa shape index (κ3) is 4.20. The second-order valence-corrected chi connectivity index (χ2v) is 5.12. The Morgan fingerprint density at radius 2 is 1.90 bits per heavy atom. The molecule has 1 aromatic heterocycles. The molecule has 4 nitrogen and oxygen atoms in total. The van der Waals surface area contributed by atoms with Crippen molar-refractivity contribution >= 4 is 11.5 Å². The van der Waals surface area contributed by atoms with Crippen LogP contribution in [0.2, 0.25) is 0 Å². The van der Waals surface area contributed by atoms with Gasteiger partial charge < -0.3 is 15.4 Å². The molecule has 0 unspecified atom stereocenters. The van der Waals surface area contributed by atoms with Crippen molar-refractivity contribution in [3.63, 3.8) is 0 Å². The number of benzene rings is 1. The summed E-state index contributed by atoms with van der Waals surface area (Å²) < 4.78 is 5.89. The van der Waals surface area contributed by atoms with Crippen LogP contribution in [-0.2, 0) is 0 Å². The van der Waals surface area contributed by atoms with Gasteiger partial charge in [-0.2, -0.15) is 0 Å². The van der Waals surface area contributed by atoms with Crippen LogP contribution in [0.15, 0.2) is 48.7 Å². The van der Waals surface area contributed by atoms with Crippen LogP contribution in [0.5, 0.6) is 5.75 Å². The number of anilines is 2. The van der Waals surface area contributed by atoms with Gasteiger partial charge in [0.2, 0.25) is 0 Å². The van der Waals surface area contributed by atoms with E-state index in [1.54, 1.807) is 6.20 Å². The third-order valence-corrected chi connectivity index (χ3v) is 3.02. The Morgan fingerprint density at radius 3 is 2.57 bits per heavy atom. The van der Waals surface area contributed by atoms with Crippen LogP contribution in [0.4, 0.5) is 11.5 Å². The Labute approximate surface area is 126 Å². The van der Waals surface area contributed by atoms with E-state index in [1.807, 2.05) is 44.2 Å². The predicted molar refractivity (Wildman–Crippen MR) is 87.1 cm³/mol. The molecule has 0 atom stereocenters. The summed E-state index contributed by atoms with van der Waals surface area (Å²) in [6, 6.07) is 14.1. The molecule has 0 saturated heterocycles. The standard InChI is InChI=1S/C17H23N3O/c1-14(2)21-16-10-6-12-19-17(16)20(13-7-11-18)15-8-4-3-5-9-15/h3-6,8-10,12,14H,7,11,13,18H2,1-2H3. The molecule has 0 amide bonds. The molecule has 2 rings (SSSR count). The van der Waals surface area contributed by atoms with Crippen molar-refractivity contribution in [1.29, 1.82) is 0 Å². The normalized spacial score (nSPS) is 10.7.